The van der Waals surface area contributed by atoms with Crippen molar-refractivity contribution in [3.63, 3.8) is 0 Å². The Kier molecular flexibility index (Phi) is 4.04. The van der Waals surface area contributed by atoms with Gasteiger partial charge in [0.2, 0.25) is 5.95 Å². The first-order valence-corrected chi connectivity index (χ1v) is 8.41. The first kappa shape index (κ1) is 16.5. The van der Waals surface area contributed by atoms with Crippen LogP contribution in [0, 0.1) is 5.82 Å². The molecule has 134 valence electrons. The average Bonchev–Trinajstić information content (AvgIpc) is 3.18. The van der Waals surface area contributed by atoms with E-state index in [0.29, 0.717) is 29.3 Å². The molecule has 26 heavy (non-hydrogen) atoms. The largest absolute Gasteiger partial charge is 0.287 e. The molecule has 4 rings (SSSR count). The lowest BCUT2D eigenvalue weighted by Gasteiger charge is -2.13. The van der Waals surface area contributed by atoms with Gasteiger partial charge in [0.1, 0.15) is 5.82 Å². The summed E-state index contributed by atoms with van der Waals surface area (Å²) in [4.78, 5) is 21.8. The molecule has 0 fully saturated rings. The zero-order valence-corrected chi connectivity index (χ0v) is 14.6. The van der Waals surface area contributed by atoms with E-state index in [1.807, 2.05) is 18.8 Å². The first-order chi connectivity index (χ1) is 12.5. The molecule has 0 bridgehead atoms. The molecule has 3 aromatic rings. The molecule has 3 heterocycles. The van der Waals surface area contributed by atoms with E-state index in [1.54, 1.807) is 34.1 Å². The molecule has 0 amide bonds. The van der Waals surface area contributed by atoms with Crippen molar-refractivity contribution in [1.29, 1.82) is 0 Å². The van der Waals surface area contributed by atoms with E-state index >= 15 is 0 Å². The van der Waals surface area contributed by atoms with Crippen molar-refractivity contribution in [2.45, 2.75) is 19.5 Å². The summed E-state index contributed by atoms with van der Waals surface area (Å²) in [5.41, 5.74) is 5.56. The van der Waals surface area contributed by atoms with Gasteiger partial charge in [0.15, 0.2) is 0 Å². The van der Waals surface area contributed by atoms with Crippen molar-refractivity contribution in [3.05, 3.63) is 52.7 Å². The van der Waals surface area contributed by atoms with E-state index in [2.05, 4.69) is 15.4 Å². The summed E-state index contributed by atoms with van der Waals surface area (Å²) in [6.45, 7) is 1.41. The molecule has 0 radical (unpaired) electrons. The average molecular weight is 354 g/mol. The van der Waals surface area contributed by atoms with E-state index < -0.39 is 0 Å². The number of fused-ring (bicyclic) bond motifs is 1. The number of halogens is 1. The van der Waals surface area contributed by atoms with Crippen LogP contribution < -0.4 is 11.0 Å². The van der Waals surface area contributed by atoms with Gasteiger partial charge in [-0.1, -0.05) is 12.1 Å². The smallest absolute Gasteiger partial charge is 0.275 e. The number of aromatic nitrogens is 4. The first-order valence-electron chi connectivity index (χ1n) is 8.41. The van der Waals surface area contributed by atoms with Gasteiger partial charge >= 0.3 is 0 Å². The Balaban J connectivity index is 1.92. The Hall–Kier alpha value is -3.00. The minimum atomic E-state index is -0.332. The lowest BCUT2D eigenvalue weighted by molar-refractivity contribution is 0.489. The van der Waals surface area contributed by atoms with Gasteiger partial charge in [-0.05, 0) is 30.2 Å². The maximum absolute atomic E-state index is 13.3. The predicted molar refractivity (Wildman–Crippen MR) is 97.0 cm³/mol. The van der Waals surface area contributed by atoms with Crippen LogP contribution in [0.1, 0.15) is 6.42 Å². The third-order valence-electron chi connectivity index (χ3n) is 4.33. The minimum absolute atomic E-state index is 0.0789. The molecule has 0 saturated heterocycles. The molecule has 0 saturated carbocycles. The molecule has 1 aliphatic rings. The molecule has 7 nitrogen and oxygen atoms in total. The summed E-state index contributed by atoms with van der Waals surface area (Å²) in [6.07, 6.45) is 2.56. The van der Waals surface area contributed by atoms with Crippen LogP contribution in [0.15, 0.2) is 41.3 Å². The SMILES string of the molecule is CN(C)Nc1nccc(-c2c(-c3ccc(F)cc3)c(=O)n3n2CCC3)n1. The summed E-state index contributed by atoms with van der Waals surface area (Å²) in [7, 11) is 3.70. The number of nitrogens with zero attached hydrogens (tertiary/aromatic N) is 5. The summed E-state index contributed by atoms with van der Waals surface area (Å²) in [5.74, 6) is 0.116. The highest BCUT2D eigenvalue weighted by molar-refractivity contribution is 5.79. The van der Waals surface area contributed by atoms with Gasteiger partial charge in [-0.25, -0.2) is 24.0 Å². The van der Waals surface area contributed by atoms with Crippen LogP contribution in [-0.4, -0.2) is 38.4 Å². The van der Waals surface area contributed by atoms with Gasteiger partial charge in [-0.3, -0.25) is 14.9 Å². The summed E-state index contributed by atoms with van der Waals surface area (Å²) < 4.78 is 17.0. The monoisotopic (exact) mass is 354 g/mol. The number of benzene rings is 1. The molecule has 0 atom stereocenters. The minimum Gasteiger partial charge on any atom is -0.287 e. The summed E-state index contributed by atoms with van der Waals surface area (Å²) in [6, 6.07) is 7.78. The topological polar surface area (TPSA) is 68.0 Å². The summed E-state index contributed by atoms with van der Waals surface area (Å²) >= 11 is 0. The normalized spacial score (nSPS) is 13.2. The van der Waals surface area contributed by atoms with Crippen LogP contribution in [0.2, 0.25) is 0 Å². The second kappa shape index (κ2) is 6.38. The van der Waals surface area contributed by atoms with E-state index in [1.165, 1.54) is 12.1 Å². The van der Waals surface area contributed by atoms with Gasteiger partial charge in [-0.15, -0.1) is 0 Å². The van der Waals surface area contributed by atoms with Crippen molar-refractivity contribution in [3.8, 4) is 22.5 Å². The second-order valence-electron chi connectivity index (χ2n) is 6.41. The van der Waals surface area contributed by atoms with Crippen LogP contribution >= 0.6 is 0 Å². The number of hydrogen-bond donors (Lipinski definition) is 1. The van der Waals surface area contributed by atoms with Crippen molar-refractivity contribution < 1.29 is 4.39 Å². The third-order valence-corrected chi connectivity index (χ3v) is 4.33. The third kappa shape index (κ3) is 2.78. The zero-order valence-electron chi connectivity index (χ0n) is 14.6. The molecule has 0 unspecified atom stereocenters. The Labute approximate surface area is 149 Å². The molecular weight excluding hydrogens is 335 g/mol. The fraction of sp³-hybridized carbons (Fsp3) is 0.278. The van der Waals surface area contributed by atoms with Crippen LogP contribution in [0.25, 0.3) is 22.5 Å². The molecular formula is C18H19FN6O. The molecule has 1 N–H and O–H groups in total. The van der Waals surface area contributed by atoms with Crippen LogP contribution in [0.3, 0.4) is 0 Å². The Morgan fingerprint density at radius 2 is 1.85 bits per heavy atom. The maximum atomic E-state index is 13.3. The Bertz CT molecular complexity index is 1010. The van der Waals surface area contributed by atoms with E-state index in [0.717, 1.165) is 18.7 Å². The summed E-state index contributed by atoms with van der Waals surface area (Å²) in [5, 5.41) is 1.75. The zero-order chi connectivity index (χ0) is 18.3. The highest BCUT2D eigenvalue weighted by Gasteiger charge is 2.26. The fourth-order valence-electron chi connectivity index (χ4n) is 3.30. The standard InChI is InChI=1S/C18H19FN6O/c1-23(2)22-18-20-9-8-14(21-18)16-15(12-4-6-13(19)7-5-12)17(26)25-11-3-10-24(16)25/h4-9H,3,10-11H2,1-2H3,(H,20,21,22). The Morgan fingerprint density at radius 3 is 2.58 bits per heavy atom. The van der Waals surface area contributed by atoms with E-state index in [-0.39, 0.29) is 11.4 Å². The van der Waals surface area contributed by atoms with Crippen molar-refractivity contribution in [2.75, 3.05) is 19.5 Å². The van der Waals surface area contributed by atoms with Gasteiger partial charge in [-0.2, -0.15) is 0 Å². The van der Waals surface area contributed by atoms with E-state index in [4.69, 9.17) is 0 Å². The number of anilines is 1. The van der Waals surface area contributed by atoms with Crippen LogP contribution in [-0.2, 0) is 13.1 Å². The fourth-order valence-corrected chi connectivity index (χ4v) is 3.30. The number of hydrazine groups is 1. The van der Waals surface area contributed by atoms with Crippen LogP contribution in [0.4, 0.5) is 10.3 Å². The van der Waals surface area contributed by atoms with Gasteiger partial charge in [0.25, 0.3) is 5.56 Å². The number of hydrogen-bond acceptors (Lipinski definition) is 5. The maximum Gasteiger partial charge on any atom is 0.275 e. The van der Waals surface area contributed by atoms with Gasteiger partial charge in [0.05, 0.1) is 17.0 Å². The molecule has 0 aliphatic carbocycles. The molecule has 0 spiro atoms. The number of rotatable bonds is 4. The van der Waals surface area contributed by atoms with Gasteiger partial charge < -0.3 is 0 Å². The molecule has 2 aromatic heterocycles. The predicted octanol–water partition coefficient (Wildman–Crippen LogP) is 2.21. The molecule has 8 heteroatoms. The molecule has 1 aliphatic heterocycles. The van der Waals surface area contributed by atoms with Crippen molar-refractivity contribution >= 4 is 5.95 Å². The lowest BCUT2D eigenvalue weighted by atomic mass is 10.0. The van der Waals surface area contributed by atoms with Gasteiger partial charge in [0, 0.05) is 33.4 Å². The lowest BCUT2D eigenvalue weighted by Crippen LogP contribution is -2.21. The quantitative estimate of drug-likeness (QED) is 0.728. The molecule has 1 aromatic carbocycles. The van der Waals surface area contributed by atoms with Crippen LogP contribution in [0.5, 0.6) is 0 Å². The number of nitrogens with one attached hydrogen (secondary N) is 1. The highest BCUT2D eigenvalue weighted by atomic mass is 19.1. The highest BCUT2D eigenvalue weighted by Crippen LogP contribution is 2.31. The van der Waals surface area contributed by atoms with E-state index in [9.17, 15) is 9.18 Å². The van der Waals surface area contributed by atoms with Crippen molar-refractivity contribution in [2.24, 2.45) is 0 Å². The second-order valence-corrected chi connectivity index (χ2v) is 6.41. The van der Waals surface area contributed by atoms with Crippen molar-refractivity contribution in [1.82, 2.24) is 24.3 Å². The Morgan fingerprint density at radius 1 is 1.12 bits per heavy atom.